The number of ether oxygens (including phenoxy) is 1. The summed E-state index contributed by atoms with van der Waals surface area (Å²) in [4.78, 5) is 23.4. The van der Waals surface area contributed by atoms with Crippen LogP contribution in [0.25, 0.3) is 0 Å². The van der Waals surface area contributed by atoms with Gasteiger partial charge in [-0.05, 0) is 41.7 Å². The highest BCUT2D eigenvalue weighted by molar-refractivity contribution is 6.03. The van der Waals surface area contributed by atoms with Gasteiger partial charge in [-0.2, -0.15) is 0 Å². The van der Waals surface area contributed by atoms with Gasteiger partial charge >= 0.3 is 0 Å². The van der Waals surface area contributed by atoms with E-state index < -0.39 is 5.91 Å². The Morgan fingerprint density at radius 1 is 1.08 bits per heavy atom. The number of rotatable bonds is 7. The molecule has 0 aromatic heterocycles. The number of amides is 2. The number of para-hydroxylation sites is 1. The predicted molar refractivity (Wildman–Crippen MR) is 98.8 cm³/mol. The zero-order valence-electron chi connectivity index (χ0n) is 14.8. The van der Waals surface area contributed by atoms with Crippen LogP contribution in [0.2, 0.25) is 0 Å². The van der Waals surface area contributed by atoms with Crippen molar-refractivity contribution in [3.05, 3.63) is 59.7 Å². The minimum Gasteiger partial charge on any atom is -0.484 e. The lowest BCUT2D eigenvalue weighted by atomic mass is 9.82. The number of hydrogen-bond donors (Lipinski definition) is 2. The average Bonchev–Trinajstić information content (AvgIpc) is 2.60. The van der Waals surface area contributed by atoms with Crippen molar-refractivity contribution in [3.63, 3.8) is 0 Å². The highest BCUT2D eigenvalue weighted by atomic mass is 16.5. The van der Waals surface area contributed by atoms with Crippen molar-refractivity contribution >= 4 is 17.5 Å². The van der Waals surface area contributed by atoms with Crippen LogP contribution in [-0.4, -0.2) is 18.4 Å². The third-order valence-electron chi connectivity index (χ3n) is 4.36. The standard InChI is InChI=1S/C20H24N2O3/c1-4-20(2,3)14-9-11-15(12-10-14)25-13-18(23)22-17-8-6-5-7-16(17)19(21)24/h5-12H,4,13H2,1-3H3,(H2,21,24)(H,22,23). The highest BCUT2D eigenvalue weighted by Crippen LogP contribution is 2.28. The van der Waals surface area contributed by atoms with E-state index in [1.54, 1.807) is 24.3 Å². The molecule has 0 aliphatic carbocycles. The van der Waals surface area contributed by atoms with Crippen LogP contribution in [0.4, 0.5) is 5.69 Å². The molecule has 0 radical (unpaired) electrons. The van der Waals surface area contributed by atoms with Crippen LogP contribution in [0.3, 0.4) is 0 Å². The van der Waals surface area contributed by atoms with Gasteiger partial charge in [0.05, 0.1) is 11.3 Å². The van der Waals surface area contributed by atoms with E-state index in [1.165, 1.54) is 5.56 Å². The first-order valence-electron chi connectivity index (χ1n) is 8.25. The van der Waals surface area contributed by atoms with E-state index in [0.717, 1.165) is 6.42 Å². The summed E-state index contributed by atoms with van der Waals surface area (Å²) in [7, 11) is 0. The van der Waals surface area contributed by atoms with Gasteiger partial charge in [0.15, 0.2) is 6.61 Å². The fourth-order valence-corrected chi connectivity index (χ4v) is 2.35. The lowest BCUT2D eigenvalue weighted by Gasteiger charge is -2.23. The zero-order valence-corrected chi connectivity index (χ0v) is 14.8. The molecule has 2 rings (SSSR count). The molecule has 0 aliphatic rings. The Morgan fingerprint density at radius 2 is 1.72 bits per heavy atom. The van der Waals surface area contributed by atoms with E-state index in [9.17, 15) is 9.59 Å². The number of primary amides is 1. The monoisotopic (exact) mass is 340 g/mol. The summed E-state index contributed by atoms with van der Waals surface area (Å²) in [5.41, 5.74) is 7.27. The van der Waals surface area contributed by atoms with Crippen LogP contribution in [0.15, 0.2) is 48.5 Å². The van der Waals surface area contributed by atoms with Crippen molar-refractivity contribution in [2.45, 2.75) is 32.6 Å². The highest BCUT2D eigenvalue weighted by Gasteiger charge is 2.17. The number of benzene rings is 2. The smallest absolute Gasteiger partial charge is 0.262 e. The molecule has 0 fully saturated rings. The third-order valence-corrected chi connectivity index (χ3v) is 4.36. The van der Waals surface area contributed by atoms with Crippen molar-refractivity contribution < 1.29 is 14.3 Å². The molecule has 132 valence electrons. The van der Waals surface area contributed by atoms with Crippen LogP contribution in [-0.2, 0) is 10.2 Å². The summed E-state index contributed by atoms with van der Waals surface area (Å²) in [5.74, 6) is -0.327. The molecule has 0 unspecified atom stereocenters. The average molecular weight is 340 g/mol. The normalized spacial score (nSPS) is 11.0. The maximum atomic E-state index is 12.0. The van der Waals surface area contributed by atoms with Crippen molar-refractivity contribution in [3.8, 4) is 5.75 Å². The maximum Gasteiger partial charge on any atom is 0.262 e. The van der Waals surface area contributed by atoms with Crippen molar-refractivity contribution in [1.29, 1.82) is 0 Å². The van der Waals surface area contributed by atoms with Gasteiger partial charge in [0, 0.05) is 0 Å². The minimum atomic E-state index is -0.592. The van der Waals surface area contributed by atoms with E-state index in [-0.39, 0.29) is 23.5 Å². The Kier molecular flexibility index (Phi) is 5.80. The summed E-state index contributed by atoms with van der Waals surface area (Å²) in [6.45, 7) is 6.38. The Labute approximate surface area is 148 Å². The van der Waals surface area contributed by atoms with Crippen LogP contribution in [0.5, 0.6) is 5.75 Å². The zero-order chi connectivity index (χ0) is 18.4. The quantitative estimate of drug-likeness (QED) is 0.809. The second-order valence-corrected chi connectivity index (χ2v) is 6.51. The maximum absolute atomic E-state index is 12.0. The Morgan fingerprint density at radius 3 is 2.32 bits per heavy atom. The van der Waals surface area contributed by atoms with Gasteiger partial charge in [-0.1, -0.05) is 45.0 Å². The molecule has 0 saturated carbocycles. The predicted octanol–water partition coefficient (Wildman–Crippen LogP) is 3.49. The van der Waals surface area contributed by atoms with Gasteiger partial charge in [-0.25, -0.2) is 0 Å². The second-order valence-electron chi connectivity index (χ2n) is 6.51. The van der Waals surface area contributed by atoms with Crippen molar-refractivity contribution in [1.82, 2.24) is 0 Å². The molecule has 0 spiro atoms. The molecule has 0 heterocycles. The first-order valence-corrected chi connectivity index (χ1v) is 8.25. The summed E-state index contributed by atoms with van der Waals surface area (Å²) in [5, 5.41) is 2.64. The van der Waals surface area contributed by atoms with Gasteiger partial charge in [0.25, 0.3) is 11.8 Å². The molecule has 5 heteroatoms. The Bertz CT molecular complexity index is 752. The van der Waals surface area contributed by atoms with Gasteiger partial charge in [-0.15, -0.1) is 0 Å². The summed E-state index contributed by atoms with van der Waals surface area (Å²) < 4.78 is 5.51. The van der Waals surface area contributed by atoms with E-state index >= 15 is 0 Å². The number of anilines is 1. The number of carbonyl (C=O) groups excluding carboxylic acids is 2. The molecule has 2 amide bonds. The molecule has 2 aromatic rings. The van der Waals surface area contributed by atoms with Crippen LogP contribution in [0, 0.1) is 0 Å². The lowest BCUT2D eigenvalue weighted by Crippen LogP contribution is -2.23. The van der Waals surface area contributed by atoms with E-state index in [4.69, 9.17) is 10.5 Å². The first-order chi connectivity index (χ1) is 11.8. The molecule has 5 nitrogen and oxygen atoms in total. The number of nitrogens with two attached hydrogens (primary N) is 1. The molecular weight excluding hydrogens is 316 g/mol. The molecule has 2 aromatic carbocycles. The van der Waals surface area contributed by atoms with Crippen molar-refractivity contribution in [2.24, 2.45) is 5.73 Å². The van der Waals surface area contributed by atoms with Crippen LogP contribution in [0.1, 0.15) is 43.1 Å². The van der Waals surface area contributed by atoms with E-state index in [1.807, 2.05) is 24.3 Å². The van der Waals surface area contributed by atoms with Gasteiger partial charge in [0.1, 0.15) is 5.75 Å². The largest absolute Gasteiger partial charge is 0.484 e. The topological polar surface area (TPSA) is 81.4 Å². The molecule has 0 saturated heterocycles. The third kappa shape index (κ3) is 4.83. The van der Waals surface area contributed by atoms with Gasteiger partial charge in [0.2, 0.25) is 0 Å². The number of carbonyl (C=O) groups is 2. The number of nitrogens with one attached hydrogen (secondary N) is 1. The summed E-state index contributed by atoms with van der Waals surface area (Å²) in [6, 6.07) is 14.3. The molecular formula is C20H24N2O3. The Balaban J connectivity index is 1.96. The van der Waals surface area contributed by atoms with Gasteiger partial charge in [-0.3, -0.25) is 9.59 Å². The van der Waals surface area contributed by atoms with Gasteiger partial charge < -0.3 is 15.8 Å². The molecule has 3 N–H and O–H groups in total. The summed E-state index contributed by atoms with van der Waals surface area (Å²) in [6.07, 6.45) is 1.04. The molecule has 0 atom stereocenters. The van der Waals surface area contributed by atoms with Crippen LogP contribution >= 0.6 is 0 Å². The fourth-order valence-electron chi connectivity index (χ4n) is 2.35. The van der Waals surface area contributed by atoms with E-state index in [0.29, 0.717) is 11.4 Å². The Hall–Kier alpha value is -2.82. The lowest BCUT2D eigenvalue weighted by molar-refractivity contribution is -0.118. The fraction of sp³-hybridized carbons (Fsp3) is 0.300. The molecule has 25 heavy (non-hydrogen) atoms. The van der Waals surface area contributed by atoms with Crippen LogP contribution < -0.4 is 15.8 Å². The SMILES string of the molecule is CCC(C)(C)c1ccc(OCC(=O)Nc2ccccc2C(N)=O)cc1. The molecule has 0 bridgehead atoms. The second kappa shape index (κ2) is 7.83. The van der Waals surface area contributed by atoms with Crippen molar-refractivity contribution in [2.75, 3.05) is 11.9 Å². The summed E-state index contributed by atoms with van der Waals surface area (Å²) >= 11 is 0. The number of hydrogen-bond acceptors (Lipinski definition) is 3. The van der Waals surface area contributed by atoms with E-state index in [2.05, 4.69) is 26.1 Å². The first kappa shape index (κ1) is 18.5. The molecule has 0 aliphatic heterocycles. The minimum absolute atomic E-state index is 0.106.